The average Bonchev–Trinajstić information content (AvgIpc) is 3.22. The Morgan fingerprint density at radius 2 is 1.95 bits per heavy atom. The minimum Gasteiger partial charge on any atom is -0.478 e. The van der Waals surface area contributed by atoms with E-state index in [1.807, 2.05) is 4.90 Å². The molecule has 1 amide bonds. The second-order valence-corrected chi connectivity index (χ2v) is 6.03. The zero-order valence-electron chi connectivity index (χ0n) is 11.4. The zero-order valence-corrected chi connectivity index (χ0v) is 13.0. The van der Waals surface area contributed by atoms with Crippen molar-refractivity contribution in [3.05, 3.63) is 33.8 Å². The maximum Gasteiger partial charge on any atom is 0.335 e. The minimum absolute atomic E-state index is 0.0650. The number of unbranched alkanes of at least 4 members (excludes halogenated alkanes) is 1. The van der Waals surface area contributed by atoms with Crippen LogP contribution in [0.2, 0.25) is 0 Å². The molecule has 0 radical (unpaired) electrons. The molecule has 0 unspecified atom stereocenters. The van der Waals surface area contributed by atoms with Crippen molar-refractivity contribution in [1.82, 2.24) is 4.90 Å². The van der Waals surface area contributed by atoms with Crippen LogP contribution in [-0.4, -0.2) is 34.5 Å². The number of hydrogen-bond acceptors (Lipinski definition) is 2. The van der Waals surface area contributed by atoms with Crippen molar-refractivity contribution < 1.29 is 14.7 Å². The number of carbonyl (C=O) groups excluding carboxylic acids is 1. The average molecular weight is 340 g/mol. The molecule has 0 atom stereocenters. The van der Waals surface area contributed by atoms with Crippen molar-refractivity contribution in [2.24, 2.45) is 0 Å². The van der Waals surface area contributed by atoms with Gasteiger partial charge in [-0.3, -0.25) is 4.79 Å². The van der Waals surface area contributed by atoms with Crippen LogP contribution in [-0.2, 0) is 0 Å². The summed E-state index contributed by atoms with van der Waals surface area (Å²) in [5.74, 6) is -1.09. The molecule has 2 rings (SSSR count). The van der Waals surface area contributed by atoms with Gasteiger partial charge in [-0.25, -0.2) is 4.79 Å². The smallest absolute Gasteiger partial charge is 0.335 e. The summed E-state index contributed by atoms with van der Waals surface area (Å²) >= 11 is 3.27. The quantitative estimate of drug-likeness (QED) is 0.862. The molecular formula is C15H18BrNO3. The number of halogens is 1. The first-order valence-corrected chi connectivity index (χ1v) is 7.67. The summed E-state index contributed by atoms with van der Waals surface area (Å²) < 4.78 is 0.618. The highest BCUT2D eigenvalue weighted by atomic mass is 79.9. The van der Waals surface area contributed by atoms with Gasteiger partial charge in [0, 0.05) is 22.6 Å². The number of nitrogens with zero attached hydrogens (tertiary/aromatic N) is 1. The largest absolute Gasteiger partial charge is 0.478 e. The lowest BCUT2D eigenvalue weighted by molar-refractivity contribution is 0.0697. The second kappa shape index (κ2) is 6.39. The first-order valence-electron chi connectivity index (χ1n) is 6.87. The predicted octanol–water partition coefficient (Wildman–Crippen LogP) is 3.55. The Balaban J connectivity index is 2.24. The summed E-state index contributed by atoms with van der Waals surface area (Å²) in [6, 6.07) is 4.99. The summed E-state index contributed by atoms with van der Waals surface area (Å²) in [6.45, 7) is 2.84. The molecule has 20 heavy (non-hydrogen) atoms. The Hall–Kier alpha value is -1.36. The van der Waals surface area contributed by atoms with Gasteiger partial charge in [0.15, 0.2) is 0 Å². The number of carboxylic acid groups (broad SMARTS) is 1. The topological polar surface area (TPSA) is 57.6 Å². The van der Waals surface area contributed by atoms with Gasteiger partial charge in [0.05, 0.1) is 5.56 Å². The van der Waals surface area contributed by atoms with Gasteiger partial charge in [-0.15, -0.1) is 0 Å². The molecule has 0 saturated heterocycles. The third kappa shape index (κ3) is 3.60. The molecule has 0 aromatic heterocycles. The van der Waals surface area contributed by atoms with Gasteiger partial charge in [-0.1, -0.05) is 29.3 Å². The number of carboxylic acids is 1. The molecule has 0 aliphatic heterocycles. The molecule has 108 valence electrons. The summed E-state index contributed by atoms with van der Waals surface area (Å²) in [6.07, 6.45) is 4.11. The third-order valence-corrected chi connectivity index (χ3v) is 3.85. The van der Waals surface area contributed by atoms with Crippen LogP contribution in [0.25, 0.3) is 0 Å². The number of benzene rings is 1. The van der Waals surface area contributed by atoms with Crippen LogP contribution in [0.4, 0.5) is 0 Å². The highest BCUT2D eigenvalue weighted by Crippen LogP contribution is 2.29. The Kier molecular flexibility index (Phi) is 4.81. The predicted molar refractivity (Wildman–Crippen MR) is 80.1 cm³/mol. The van der Waals surface area contributed by atoms with E-state index in [0.29, 0.717) is 16.1 Å². The molecule has 1 aromatic carbocycles. The molecule has 1 aliphatic rings. The molecule has 4 nitrogen and oxygen atoms in total. The lowest BCUT2D eigenvalue weighted by Gasteiger charge is -2.22. The number of carbonyl (C=O) groups is 2. The maximum absolute atomic E-state index is 12.6. The van der Waals surface area contributed by atoms with Gasteiger partial charge in [0.1, 0.15) is 0 Å². The highest BCUT2D eigenvalue weighted by Gasteiger charge is 2.32. The Morgan fingerprint density at radius 3 is 2.50 bits per heavy atom. The Bertz CT molecular complexity index is 526. The van der Waals surface area contributed by atoms with Gasteiger partial charge in [0.2, 0.25) is 0 Å². The van der Waals surface area contributed by atoms with Gasteiger partial charge in [-0.05, 0) is 37.5 Å². The highest BCUT2D eigenvalue weighted by molar-refractivity contribution is 9.10. The standard InChI is InChI=1S/C15H18BrNO3/c1-2-3-6-17(13-4-5-13)14(18)10-7-11(15(19)20)9-12(16)8-10/h7-9,13H,2-6H2,1H3,(H,19,20). The molecule has 1 N–H and O–H groups in total. The van der Waals surface area contributed by atoms with E-state index in [4.69, 9.17) is 5.11 Å². The van der Waals surface area contributed by atoms with Gasteiger partial charge in [0.25, 0.3) is 5.91 Å². The summed E-state index contributed by atoms with van der Waals surface area (Å²) in [7, 11) is 0. The summed E-state index contributed by atoms with van der Waals surface area (Å²) in [5.41, 5.74) is 0.578. The summed E-state index contributed by atoms with van der Waals surface area (Å²) in [5, 5.41) is 9.07. The Labute approximate surface area is 126 Å². The number of aromatic carboxylic acids is 1. The molecule has 1 aliphatic carbocycles. The van der Waals surface area contributed by atoms with Gasteiger partial charge >= 0.3 is 5.97 Å². The van der Waals surface area contributed by atoms with Crippen molar-refractivity contribution in [2.75, 3.05) is 6.54 Å². The molecule has 0 heterocycles. The van der Waals surface area contributed by atoms with Crippen LogP contribution < -0.4 is 0 Å². The monoisotopic (exact) mass is 339 g/mol. The van der Waals surface area contributed by atoms with Gasteiger partial charge in [-0.2, -0.15) is 0 Å². The number of amides is 1. The molecule has 1 saturated carbocycles. The molecule has 0 spiro atoms. The fraction of sp³-hybridized carbons (Fsp3) is 0.467. The van der Waals surface area contributed by atoms with Crippen LogP contribution >= 0.6 is 15.9 Å². The molecule has 1 aromatic rings. The molecular weight excluding hydrogens is 322 g/mol. The van der Waals surface area contributed by atoms with Crippen LogP contribution in [0.1, 0.15) is 53.3 Å². The normalized spacial score (nSPS) is 14.1. The van der Waals surface area contributed by atoms with E-state index < -0.39 is 5.97 Å². The zero-order chi connectivity index (χ0) is 14.7. The van der Waals surface area contributed by atoms with E-state index in [9.17, 15) is 9.59 Å². The van der Waals surface area contributed by atoms with E-state index in [1.165, 1.54) is 12.1 Å². The maximum atomic E-state index is 12.6. The lowest BCUT2D eigenvalue weighted by atomic mass is 10.1. The Morgan fingerprint density at radius 1 is 1.30 bits per heavy atom. The van der Waals surface area contributed by atoms with Crippen LogP contribution in [0.5, 0.6) is 0 Å². The van der Waals surface area contributed by atoms with Crippen LogP contribution in [0.3, 0.4) is 0 Å². The first kappa shape index (κ1) is 15.0. The SMILES string of the molecule is CCCCN(C(=O)c1cc(Br)cc(C(=O)O)c1)C1CC1. The van der Waals surface area contributed by atoms with Crippen molar-refractivity contribution in [2.45, 2.75) is 38.6 Å². The molecule has 1 fully saturated rings. The number of rotatable bonds is 6. The van der Waals surface area contributed by atoms with Crippen molar-refractivity contribution in [1.29, 1.82) is 0 Å². The summed E-state index contributed by atoms with van der Waals surface area (Å²) in [4.78, 5) is 25.5. The van der Waals surface area contributed by atoms with Gasteiger partial charge < -0.3 is 10.0 Å². The number of hydrogen-bond donors (Lipinski definition) is 1. The van der Waals surface area contributed by atoms with E-state index in [1.54, 1.807) is 6.07 Å². The van der Waals surface area contributed by atoms with Crippen LogP contribution in [0.15, 0.2) is 22.7 Å². The first-order chi connectivity index (χ1) is 9.52. The molecule has 0 bridgehead atoms. The van der Waals surface area contributed by atoms with E-state index in [0.717, 1.165) is 32.2 Å². The second-order valence-electron chi connectivity index (χ2n) is 5.12. The van der Waals surface area contributed by atoms with Crippen LogP contribution in [0, 0.1) is 0 Å². The minimum atomic E-state index is -1.02. The molecule has 5 heteroatoms. The fourth-order valence-electron chi connectivity index (χ4n) is 2.17. The third-order valence-electron chi connectivity index (χ3n) is 3.39. The van der Waals surface area contributed by atoms with Crippen molar-refractivity contribution in [3.63, 3.8) is 0 Å². The van der Waals surface area contributed by atoms with E-state index in [2.05, 4.69) is 22.9 Å². The lowest BCUT2D eigenvalue weighted by Crippen LogP contribution is -2.34. The van der Waals surface area contributed by atoms with Crippen molar-refractivity contribution in [3.8, 4) is 0 Å². The van der Waals surface area contributed by atoms with Crippen molar-refractivity contribution >= 4 is 27.8 Å². The van der Waals surface area contributed by atoms with E-state index >= 15 is 0 Å². The van der Waals surface area contributed by atoms with E-state index in [-0.39, 0.29) is 11.5 Å². The fourth-order valence-corrected chi connectivity index (χ4v) is 2.66.